The number of carbonyl (C=O) groups is 1. The van der Waals surface area contributed by atoms with E-state index in [0.717, 1.165) is 12.2 Å². The molecule has 98 valence electrons. The summed E-state index contributed by atoms with van der Waals surface area (Å²) in [6.07, 6.45) is 0.777. The van der Waals surface area contributed by atoms with Gasteiger partial charge in [-0.05, 0) is 12.5 Å². The minimum atomic E-state index is -0.134. The molecule has 0 unspecified atom stereocenters. The molecule has 0 saturated carbocycles. The molecule has 1 heterocycles. The summed E-state index contributed by atoms with van der Waals surface area (Å²) in [5, 5.41) is -0.134. The monoisotopic (exact) mass is 266 g/mol. The van der Waals surface area contributed by atoms with E-state index in [1.165, 1.54) is 5.56 Å². The number of esters is 1. The molecule has 0 spiro atoms. The highest BCUT2D eigenvalue weighted by Gasteiger charge is 2.23. The molecule has 1 saturated heterocycles. The standard InChI is InChI=1S/C14H18O3S/c1-11(14(15)17-13-7-8-16-9-13)18-10-12-5-3-2-4-6-12/h2-6,11,13H,7-10H2,1H3/t11-,13+/m1/s1. The summed E-state index contributed by atoms with van der Waals surface area (Å²) < 4.78 is 10.6. The van der Waals surface area contributed by atoms with Crippen LogP contribution in [0.3, 0.4) is 0 Å². The fraction of sp³-hybridized carbons (Fsp3) is 0.500. The number of rotatable bonds is 5. The zero-order chi connectivity index (χ0) is 12.8. The molecule has 0 aliphatic carbocycles. The molecule has 2 rings (SSSR count). The number of hydrogen-bond acceptors (Lipinski definition) is 4. The predicted octanol–water partition coefficient (Wildman–Crippen LogP) is 2.64. The first-order valence-electron chi connectivity index (χ1n) is 6.19. The van der Waals surface area contributed by atoms with Crippen molar-refractivity contribution < 1.29 is 14.3 Å². The molecule has 18 heavy (non-hydrogen) atoms. The van der Waals surface area contributed by atoms with E-state index in [-0.39, 0.29) is 17.3 Å². The Balaban J connectivity index is 1.73. The normalized spacial score (nSPS) is 20.6. The number of ether oxygens (including phenoxy) is 2. The second kappa shape index (κ2) is 6.81. The second-order valence-corrected chi connectivity index (χ2v) is 5.69. The lowest BCUT2D eigenvalue weighted by Crippen LogP contribution is -2.24. The van der Waals surface area contributed by atoms with Crippen molar-refractivity contribution in [3.8, 4) is 0 Å². The van der Waals surface area contributed by atoms with Gasteiger partial charge in [-0.3, -0.25) is 4.79 Å². The Kier molecular flexibility index (Phi) is 5.08. The van der Waals surface area contributed by atoms with Gasteiger partial charge in [-0.15, -0.1) is 11.8 Å². The van der Waals surface area contributed by atoms with Gasteiger partial charge in [-0.25, -0.2) is 0 Å². The third-order valence-electron chi connectivity index (χ3n) is 2.85. The molecule has 3 nitrogen and oxygen atoms in total. The highest BCUT2D eigenvalue weighted by atomic mass is 32.2. The highest BCUT2D eigenvalue weighted by Crippen LogP contribution is 2.20. The van der Waals surface area contributed by atoms with Crippen LogP contribution in [0.4, 0.5) is 0 Å². The van der Waals surface area contributed by atoms with Crippen molar-refractivity contribution in [1.29, 1.82) is 0 Å². The number of thioether (sulfide) groups is 1. The van der Waals surface area contributed by atoms with Crippen LogP contribution >= 0.6 is 11.8 Å². The van der Waals surface area contributed by atoms with Gasteiger partial charge in [0.15, 0.2) is 0 Å². The van der Waals surface area contributed by atoms with Gasteiger partial charge < -0.3 is 9.47 Å². The van der Waals surface area contributed by atoms with Crippen molar-refractivity contribution in [2.45, 2.75) is 30.5 Å². The lowest BCUT2D eigenvalue weighted by Gasteiger charge is -2.14. The summed E-state index contributed by atoms with van der Waals surface area (Å²) in [6.45, 7) is 3.14. The number of hydrogen-bond donors (Lipinski definition) is 0. The van der Waals surface area contributed by atoms with Gasteiger partial charge in [-0.1, -0.05) is 30.3 Å². The van der Waals surface area contributed by atoms with Gasteiger partial charge in [-0.2, -0.15) is 0 Å². The minimum absolute atomic E-state index is 0.0442. The summed E-state index contributed by atoms with van der Waals surface area (Å²) in [6, 6.07) is 10.1. The quantitative estimate of drug-likeness (QED) is 0.768. The van der Waals surface area contributed by atoms with Crippen molar-refractivity contribution in [1.82, 2.24) is 0 Å². The fourth-order valence-corrected chi connectivity index (χ4v) is 2.56. The maximum atomic E-state index is 11.8. The molecule has 1 aliphatic heterocycles. The third kappa shape index (κ3) is 4.03. The van der Waals surface area contributed by atoms with Gasteiger partial charge >= 0.3 is 5.97 Å². The van der Waals surface area contributed by atoms with E-state index in [4.69, 9.17) is 9.47 Å². The van der Waals surface area contributed by atoms with E-state index in [1.54, 1.807) is 11.8 Å². The summed E-state index contributed by atoms with van der Waals surface area (Å²) in [4.78, 5) is 11.8. The summed E-state index contributed by atoms with van der Waals surface area (Å²) in [5.41, 5.74) is 1.23. The maximum Gasteiger partial charge on any atom is 0.319 e. The lowest BCUT2D eigenvalue weighted by atomic mass is 10.2. The van der Waals surface area contributed by atoms with Gasteiger partial charge in [0.2, 0.25) is 0 Å². The third-order valence-corrected chi connectivity index (χ3v) is 4.04. The first kappa shape index (κ1) is 13.4. The molecule has 1 aliphatic rings. The van der Waals surface area contributed by atoms with Crippen molar-refractivity contribution in [3.05, 3.63) is 35.9 Å². The van der Waals surface area contributed by atoms with Gasteiger partial charge in [0.05, 0.1) is 18.5 Å². The first-order valence-corrected chi connectivity index (χ1v) is 7.24. The number of benzene rings is 1. The molecular weight excluding hydrogens is 248 g/mol. The topological polar surface area (TPSA) is 35.5 Å². The van der Waals surface area contributed by atoms with E-state index in [2.05, 4.69) is 12.1 Å². The van der Waals surface area contributed by atoms with E-state index in [9.17, 15) is 4.79 Å². The molecule has 1 aromatic carbocycles. The molecular formula is C14H18O3S. The minimum Gasteiger partial charge on any atom is -0.459 e. The maximum absolute atomic E-state index is 11.8. The fourth-order valence-electron chi connectivity index (χ4n) is 1.73. The Hall–Kier alpha value is -1.00. The van der Waals surface area contributed by atoms with Crippen molar-refractivity contribution in [2.24, 2.45) is 0 Å². The predicted molar refractivity (Wildman–Crippen MR) is 72.5 cm³/mol. The van der Waals surface area contributed by atoms with E-state index < -0.39 is 0 Å². The second-order valence-electron chi connectivity index (χ2n) is 4.36. The van der Waals surface area contributed by atoms with Crippen LogP contribution in [0.1, 0.15) is 18.9 Å². The van der Waals surface area contributed by atoms with E-state index in [0.29, 0.717) is 13.2 Å². The van der Waals surface area contributed by atoms with Crippen LogP contribution in [0.2, 0.25) is 0 Å². The molecule has 1 fully saturated rings. The van der Waals surface area contributed by atoms with Crippen LogP contribution in [-0.2, 0) is 20.0 Å². The van der Waals surface area contributed by atoms with Crippen LogP contribution < -0.4 is 0 Å². The van der Waals surface area contributed by atoms with Crippen LogP contribution in [0.5, 0.6) is 0 Å². The average molecular weight is 266 g/mol. The average Bonchev–Trinajstić information content (AvgIpc) is 2.90. The Bertz CT molecular complexity index is 374. The molecule has 0 amide bonds. The molecule has 0 aromatic heterocycles. The highest BCUT2D eigenvalue weighted by molar-refractivity contribution is 7.99. The van der Waals surface area contributed by atoms with Crippen LogP contribution in [0.25, 0.3) is 0 Å². The Morgan fingerprint density at radius 1 is 1.50 bits per heavy atom. The summed E-state index contributed by atoms with van der Waals surface area (Å²) in [7, 11) is 0. The van der Waals surface area contributed by atoms with E-state index >= 15 is 0 Å². The van der Waals surface area contributed by atoms with E-state index in [1.807, 2.05) is 25.1 Å². The SMILES string of the molecule is C[C@@H](SCc1ccccc1)C(=O)O[C@H]1CCOC1. The Morgan fingerprint density at radius 3 is 2.94 bits per heavy atom. The molecule has 2 atom stereocenters. The van der Waals surface area contributed by atoms with Gasteiger partial charge in [0, 0.05) is 12.2 Å². The first-order chi connectivity index (χ1) is 8.75. The lowest BCUT2D eigenvalue weighted by molar-refractivity contribution is -0.147. The van der Waals surface area contributed by atoms with Crippen molar-refractivity contribution in [3.63, 3.8) is 0 Å². The van der Waals surface area contributed by atoms with Crippen molar-refractivity contribution in [2.75, 3.05) is 13.2 Å². The molecule has 0 N–H and O–H groups in total. The molecule has 4 heteroatoms. The Labute approximate surface area is 112 Å². The molecule has 1 aromatic rings. The van der Waals surface area contributed by atoms with Crippen LogP contribution in [0.15, 0.2) is 30.3 Å². The molecule has 0 bridgehead atoms. The van der Waals surface area contributed by atoms with Crippen LogP contribution in [-0.4, -0.2) is 30.5 Å². The summed E-state index contributed by atoms with van der Waals surface area (Å²) >= 11 is 1.61. The zero-order valence-corrected chi connectivity index (χ0v) is 11.3. The van der Waals surface area contributed by atoms with Gasteiger partial charge in [0.1, 0.15) is 6.10 Å². The Morgan fingerprint density at radius 2 is 2.28 bits per heavy atom. The molecule has 0 radical (unpaired) electrons. The number of carbonyl (C=O) groups excluding carboxylic acids is 1. The smallest absolute Gasteiger partial charge is 0.319 e. The summed E-state index contributed by atoms with van der Waals surface area (Å²) in [5.74, 6) is 0.699. The van der Waals surface area contributed by atoms with Gasteiger partial charge in [0.25, 0.3) is 0 Å². The zero-order valence-electron chi connectivity index (χ0n) is 10.5. The van der Waals surface area contributed by atoms with Crippen molar-refractivity contribution >= 4 is 17.7 Å². The van der Waals surface area contributed by atoms with Crippen LogP contribution in [0, 0.1) is 0 Å². The largest absolute Gasteiger partial charge is 0.459 e.